The molecule has 0 aliphatic heterocycles. The summed E-state index contributed by atoms with van der Waals surface area (Å²) < 4.78 is 0. The molecule has 160 valence electrons. The molecular weight excluding hydrogens is 487 g/mol. The molecule has 0 aromatic heterocycles. The summed E-state index contributed by atoms with van der Waals surface area (Å²) in [6.07, 6.45) is 11.2. The van der Waals surface area contributed by atoms with Gasteiger partial charge in [-0.2, -0.15) is 0 Å². The van der Waals surface area contributed by atoms with Crippen LogP contribution in [-0.2, 0) is 26.2 Å². The van der Waals surface area contributed by atoms with Gasteiger partial charge in [0.1, 0.15) is 0 Å². The Morgan fingerprint density at radius 2 is 0.815 bits per heavy atom. The number of rotatable bonds is 4. The van der Waals surface area contributed by atoms with Gasteiger partial charge in [0.2, 0.25) is 0 Å². The van der Waals surface area contributed by atoms with Gasteiger partial charge in [-0.15, -0.1) is 12.1 Å². The van der Waals surface area contributed by atoms with Crippen molar-refractivity contribution >= 4 is 16.5 Å². The second-order valence-corrected chi connectivity index (χ2v) is 19.5. The van der Waals surface area contributed by atoms with E-state index in [1.54, 1.807) is 0 Å². The first kappa shape index (κ1) is 33.5. The third-order valence-electron chi connectivity index (χ3n) is 5.24. The van der Waals surface area contributed by atoms with Gasteiger partial charge in [0.25, 0.3) is 0 Å². The minimum absolute atomic E-state index is 0. The van der Waals surface area contributed by atoms with Gasteiger partial charge in [-0.25, -0.2) is 0 Å². The molecule has 0 spiro atoms. The number of hydrogen-bond acceptors (Lipinski definition) is 0. The van der Waals surface area contributed by atoms with E-state index in [9.17, 15) is 0 Å². The number of halogens is 2. The zero-order chi connectivity index (χ0) is 18.4. The number of nitrogens with zero attached hydrogens (tertiary/aromatic N) is 2. The van der Waals surface area contributed by atoms with Gasteiger partial charge in [0, 0.05) is 0 Å². The van der Waals surface area contributed by atoms with Crippen molar-refractivity contribution in [1.82, 2.24) is 0 Å². The van der Waals surface area contributed by atoms with Crippen LogP contribution in [0.25, 0.3) is 9.96 Å². The monoisotopic (exact) mass is 528 g/mol. The first-order valence-electron chi connectivity index (χ1n) is 10.4. The summed E-state index contributed by atoms with van der Waals surface area (Å²) in [5, 5.41) is 0. The molecular formula is C20H44Cl2N2Si2Zr. The Labute approximate surface area is 204 Å². The van der Waals surface area contributed by atoms with Crippen molar-refractivity contribution in [2.45, 2.75) is 117 Å². The van der Waals surface area contributed by atoms with E-state index in [0.717, 1.165) is 11.8 Å². The molecule has 2 fully saturated rings. The molecule has 0 heterocycles. The van der Waals surface area contributed by atoms with Crippen LogP contribution in [0.1, 0.15) is 65.2 Å². The Kier molecular flexibility index (Phi) is 19.3. The van der Waals surface area contributed by atoms with Crippen molar-refractivity contribution in [1.29, 1.82) is 0 Å². The molecule has 2 rings (SSSR count). The normalized spacial score (nSPS) is 28.4. The Morgan fingerprint density at radius 3 is 1.04 bits per heavy atom. The Hall–Kier alpha value is 1.82. The predicted molar refractivity (Wildman–Crippen MR) is 116 cm³/mol. The van der Waals surface area contributed by atoms with Crippen molar-refractivity contribution < 1.29 is 51.0 Å². The molecule has 0 saturated heterocycles. The average Bonchev–Trinajstić information content (AvgIpc) is 2.42. The van der Waals surface area contributed by atoms with Gasteiger partial charge in [-0.3, -0.25) is 0 Å². The van der Waals surface area contributed by atoms with Crippen LogP contribution in [0, 0.1) is 11.8 Å². The largest absolute Gasteiger partial charge is 4.00 e. The Morgan fingerprint density at radius 1 is 0.556 bits per heavy atom. The second kappa shape index (κ2) is 15.6. The molecule has 0 amide bonds. The van der Waals surface area contributed by atoms with Gasteiger partial charge in [-0.1, -0.05) is 133 Å². The SMILES string of the molecule is CC1CCCCC1[N-][Si](C)(C)C.CC1CCCCC1[N-][Si](C)(C)C.[Cl-].[Cl-].[Zr+4]. The fourth-order valence-electron chi connectivity index (χ4n) is 3.97. The molecule has 0 aromatic rings. The van der Waals surface area contributed by atoms with Crippen molar-refractivity contribution in [2.75, 3.05) is 0 Å². The van der Waals surface area contributed by atoms with Crippen molar-refractivity contribution in [2.24, 2.45) is 11.8 Å². The van der Waals surface area contributed by atoms with Crippen LogP contribution < -0.4 is 24.8 Å². The fourth-order valence-corrected chi connectivity index (χ4v) is 6.73. The quantitative estimate of drug-likeness (QED) is 0.494. The molecule has 2 saturated carbocycles. The molecule has 4 atom stereocenters. The van der Waals surface area contributed by atoms with Crippen molar-refractivity contribution in [3.8, 4) is 0 Å². The maximum atomic E-state index is 4.99. The Balaban J connectivity index is -0.000000384. The minimum atomic E-state index is -1.16. The zero-order valence-electron chi connectivity index (χ0n) is 19.1. The van der Waals surface area contributed by atoms with Gasteiger partial charge in [-0.05, 0) is 0 Å². The fraction of sp³-hybridized carbons (Fsp3) is 1.00. The van der Waals surface area contributed by atoms with Gasteiger partial charge in [0.15, 0.2) is 0 Å². The van der Waals surface area contributed by atoms with Crippen molar-refractivity contribution in [3.05, 3.63) is 9.96 Å². The summed E-state index contributed by atoms with van der Waals surface area (Å²) in [6, 6.07) is 1.40. The molecule has 7 heteroatoms. The van der Waals surface area contributed by atoms with E-state index in [2.05, 4.69) is 53.1 Å². The van der Waals surface area contributed by atoms with E-state index in [1.807, 2.05) is 0 Å². The first-order valence-corrected chi connectivity index (χ1v) is 17.3. The molecule has 0 N–H and O–H groups in total. The molecule has 2 nitrogen and oxygen atoms in total. The molecule has 0 radical (unpaired) electrons. The van der Waals surface area contributed by atoms with Crippen LogP contribution >= 0.6 is 0 Å². The third kappa shape index (κ3) is 16.2. The van der Waals surface area contributed by atoms with Crippen LogP contribution in [0.15, 0.2) is 0 Å². The van der Waals surface area contributed by atoms with E-state index in [0.29, 0.717) is 12.1 Å². The maximum Gasteiger partial charge on any atom is 4.00 e. The molecule has 27 heavy (non-hydrogen) atoms. The van der Waals surface area contributed by atoms with Crippen LogP contribution in [-0.4, -0.2) is 28.6 Å². The smallest absolute Gasteiger partial charge is 1.00 e. The Bertz CT molecular complexity index is 329. The molecule has 0 aromatic carbocycles. The van der Waals surface area contributed by atoms with Gasteiger partial charge < -0.3 is 34.8 Å². The van der Waals surface area contributed by atoms with Crippen LogP contribution in [0.5, 0.6) is 0 Å². The van der Waals surface area contributed by atoms with Gasteiger partial charge in [0.05, 0.1) is 0 Å². The van der Waals surface area contributed by atoms with E-state index in [1.165, 1.54) is 51.4 Å². The topological polar surface area (TPSA) is 28.2 Å². The van der Waals surface area contributed by atoms with E-state index in [4.69, 9.17) is 9.96 Å². The van der Waals surface area contributed by atoms with Crippen LogP contribution in [0.3, 0.4) is 0 Å². The molecule has 0 bridgehead atoms. The maximum absolute atomic E-state index is 4.99. The zero-order valence-corrected chi connectivity index (χ0v) is 25.1. The summed E-state index contributed by atoms with van der Waals surface area (Å²) in [5.74, 6) is 1.70. The van der Waals surface area contributed by atoms with E-state index in [-0.39, 0.29) is 51.0 Å². The van der Waals surface area contributed by atoms with E-state index >= 15 is 0 Å². The molecule has 4 unspecified atom stereocenters. The van der Waals surface area contributed by atoms with Crippen LogP contribution in [0.2, 0.25) is 39.3 Å². The summed E-state index contributed by atoms with van der Waals surface area (Å²) in [6.45, 7) is 18.8. The van der Waals surface area contributed by atoms with Crippen molar-refractivity contribution in [3.63, 3.8) is 0 Å². The van der Waals surface area contributed by atoms with Crippen LogP contribution in [0.4, 0.5) is 0 Å². The van der Waals surface area contributed by atoms with Gasteiger partial charge >= 0.3 is 26.2 Å². The summed E-state index contributed by atoms with van der Waals surface area (Å²) in [5.41, 5.74) is 0. The molecule has 2 aliphatic rings. The van der Waals surface area contributed by atoms with E-state index < -0.39 is 16.5 Å². The standard InChI is InChI=1S/2C10H22NSi.2ClH.Zr/c2*1-9-7-5-6-8-10(9)11-12(2,3)4;;;/h2*9-10H,5-8H2,1-4H3;2*1H;/q2*-1;;;+4/p-2. The number of hydrogen-bond donors (Lipinski definition) is 0. The predicted octanol–water partition coefficient (Wildman–Crippen LogP) is 1.55. The first-order chi connectivity index (χ1) is 11.0. The molecule has 2 aliphatic carbocycles. The third-order valence-corrected chi connectivity index (χ3v) is 7.45. The summed E-state index contributed by atoms with van der Waals surface area (Å²) >= 11 is 0. The summed E-state index contributed by atoms with van der Waals surface area (Å²) in [4.78, 5) is 9.98. The summed E-state index contributed by atoms with van der Waals surface area (Å²) in [7, 11) is -2.32. The second-order valence-electron chi connectivity index (χ2n) is 10.3. The minimum Gasteiger partial charge on any atom is -1.00 e. The average molecular weight is 531 g/mol.